The van der Waals surface area contributed by atoms with Crippen molar-refractivity contribution in [1.29, 1.82) is 0 Å². The summed E-state index contributed by atoms with van der Waals surface area (Å²) < 4.78 is 6.90. The Labute approximate surface area is 222 Å². The van der Waals surface area contributed by atoms with E-state index in [1.165, 1.54) is 0 Å². The number of hydrogen-bond donors (Lipinski definition) is 2. The highest BCUT2D eigenvalue weighted by Gasteiger charge is 2.24. The third kappa shape index (κ3) is 5.67. The van der Waals surface area contributed by atoms with Crippen LogP contribution in [-0.2, 0) is 6.54 Å². The Morgan fingerprint density at radius 2 is 2.03 bits per heavy atom. The van der Waals surface area contributed by atoms with E-state index in [4.69, 9.17) is 29.2 Å². The number of piperidine rings is 1. The fourth-order valence-corrected chi connectivity index (χ4v) is 4.84. The number of amides is 2. The number of hydrogen-bond acceptors (Lipinski definition) is 5. The molecule has 0 spiro atoms. The maximum Gasteiger partial charge on any atom is 0.317 e. The molecule has 37 heavy (non-hydrogen) atoms. The van der Waals surface area contributed by atoms with Gasteiger partial charge in [-0.3, -0.25) is 0 Å². The maximum atomic E-state index is 12.8. The van der Waals surface area contributed by atoms with Gasteiger partial charge in [0, 0.05) is 49.0 Å². The smallest absolute Gasteiger partial charge is 0.317 e. The van der Waals surface area contributed by atoms with E-state index < -0.39 is 0 Å². The van der Waals surface area contributed by atoms with Crippen molar-refractivity contribution >= 4 is 42.4 Å². The van der Waals surface area contributed by atoms with E-state index in [-0.39, 0.29) is 6.03 Å². The van der Waals surface area contributed by atoms with Crippen molar-refractivity contribution in [3.63, 3.8) is 0 Å². The monoisotopic (exact) mass is 514 g/mol. The molecule has 1 fully saturated rings. The molecule has 1 atom stereocenters. The van der Waals surface area contributed by atoms with Gasteiger partial charge in [0.2, 0.25) is 0 Å². The van der Waals surface area contributed by atoms with E-state index in [9.17, 15) is 4.79 Å². The molecule has 188 valence electrons. The number of benzene rings is 2. The maximum absolute atomic E-state index is 12.8. The van der Waals surface area contributed by atoms with Crippen molar-refractivity contribution < 1.29 is 9.53 Å². The number of fused-ring (bicyclic) bond motifs is 1. The Bertz CT molecular complexity index is 1390. The van der Waals surface area contributed by atoms with E-state index in [2.05, 4.69) is 15.7 Å². The van der Waals surface area contributed by atoms with Crippen LogP contribution in [0.1, 0.15) is 18.4 Å². The van der Waals surface area contributed by atoms with Crippen molar-refractivity contribution in [1.82, 2.24) is 24.8 Å². The van der Waals surface area contributed by atoms with Crippen LogP contribution in [0.25, 0.3) is 16.9 Å². The molecule has 3 heterocycles. The van der Waals surface area contributed by atoms with Crippen LogP contribution in [0.5, 0.6) is 5.75 Å². The largest absolute Gasteiger partial charge is 0.497 e. The van der Waals surface area contributed by atoms with Crippen LogP contribution < -0.4 is 20.8 Å². The standard InChI is InChI=1S/C27H28BClN6O2/c1-37-20-10-8-18(9-11-20)14-31-27(36)34-12-4-5-19(17-34)15-30-25-13-24(21-6-2-3-7-23(21)29)33-26-22(28)16-32-35(25)26/h2-3,6-11,13,16,19,30H,4-5,12,14-15,17H2,1H3,(H,31,36). The number of carbonyl (C=O) groups excluding carboxylic acids is 1. The predicted molar refractivity (Wildman–Crippen MR) is 147 cm³/mol. The summed E-state index contributed by atoms with van der Waals surface area (Å²) in [4.78, 5) is 19.4. The highest BCUT2D eigenvalue weighted by atomic mass is 35.5. The first kappa shape index (κ1) is 25.0. The average Bonchev–Trinajstić information content (AvgIpc) is 3.31. The molecule has 1 saturated heterocycles. The van der Waals surface area contributed by atoms with Gasteiger partial charge in [0.05, 0.1) is 12.8 Å². The number of carbonyl (C=O) groups is 1. The van der Waals surface area contributed by atoms with Crippen molar-refractivity contribution in [3.05, 3.63) is 71.4 Å². The van der Waals surface area contributed by atoms with Gasteiger partial charge in [0.25, 0.3) is 0 Å². The zero-order valence-electron chi connectivity index (χ0n) is 20.7. The van der Waals surface area contributed by atoms with Gasteiger partial charge in [-0.2, -0.15) is 9.61 Å². The lowest BCUT2D eigenvalue weighted by Crippen LogP contribution is -2.46. The Morgan fingerprint density at radius 3 is 2.81 bits per heavy atom. The second kappa shape index (κ2) is 11.1. The lowest BCUT2D eigenvalue weighted by Gasteiger charge is -2.33. The first-order chi connectivity index (χ1) is 18.0. The van der Waals surface area contributed by atoms with Gasteiger partial charge in [-0.1, -0.05) is 41.9 Å². The van der Waals surface area contributed by atoms with Crippen molar-refractivity contribution in [2.45, 2.75) is 19.4 Å². The van der Waals surface area contributed by atoms with E-state index >= 15 is 0 Å². The molecule has 10 heteroatoms. The minimum Gasteiger partial charge on any atom is -0.497 e. The molecular weight excluding hydrogens is 487 g/mol. The molecule has 5 rings (SSSR count). The lowest BCUT2D eigenvalue weighted by molar-refractivity contribution is 0.168. The number of methoxy groups -OCH3 is 1. The van der Waals surface area contributed by atoms with Gasteiger partial charge in [-0.05, 0) is 48.0 Å². The Kier molecular flexibility index (Phi) is 7.51. The number of rotatable bonds is 7. The van der Waals surface area contributed by atoms with Gasteiger partial charge in [0.1, 0.15) is 19.4 Å². The number of ether oxygens (including phenoxy) is 1. The molecule has 2 radical (unpaired) electrons. The summed E-state index contributed by atoms with van der Waals surface area (Å²) >= 11 is 6.44. The number of aromatic nitrogens is 3. The zero-order chi connectivity index (χ0) is 25.8. The minimum absolute atomic E-state index is 0.0484. The van der Waals surface area contributed by atoms with Crippen LogP contribution in [0.3, 0.4) is 0 Å². The Morgan fingerprint density at radius 1 is 1.22 bits per heavy atom. The summed E-state index contributed by atoms with van der Waals surface area (Å²) in [5, 5.41) is 11.6. The molecule has 4 aromatic rings. The first-order valence-corrected chi connectivity index (χ1v) is 12.7. The summed E-state index contributed by atoms with van der Waals surface area (Å²) in [6.07, 6.45) is 3.58. The molecule has 0 bridgehead atoms. The van der Waals surface area contributed by atoms with Gasteiger partial charge < -0.3 is 20.3 Å². The van der Waals surface area contributed by atoms with E-state index in [1.54, 1.807) is 17.8 Å². The number of anilines is 1. The van der Waals surface area contributed by atoms with Crippen LogP contribution >= 0.6 is 11.6 Å². The van der Waals surface area contributed by atoms with E-state index in [0.29, 0.717) is 41.7 Å². The summed E-state index contributed by atoms with van der Waals surface area (Å²) in [6, 6.07) is 17.2. The summed E-state index contributed by atoms with van der Waals surface area (Å²) in [6.45, 7) is 2.58. The summed E-state index contributed by atoms with van der Waals surface area (Å²) in [5.41, 5.74) is 3.64. The van der Waals surface area contributed by atoms with E-state index in [1.807, 2.05) is 59.5 Å². The number of nitrogens with one attached hydrogen (secondary N) is 2. The third-order valence-corrected chi connectivity index (χ3v) is 6.96. The van der Waals surface area contributed by atoms with Crippen LogP contribution in [0.4, 0.5) is 10.6 Å². The number of urea groups is 1. The molecule has 0 aliphatic carbocycles. The van der Waals surface area contributed by atoms with Gasteiger partial charge in [0.15, 0.2) is 5.65 Å². The van der Waals surface area contributed by atoms with Gasteiger partial charge >= 0.3 is 6.03 Å². The third-order valence-electron chi connectivity index (χ3n) is 6.63. The molecule has 2 aromatic heterocycles. The van der Waals surface area contributed by atoms with Gasteiger partial charge in [-0.25, -0.2) is 9.78 Å². The molecule has 8 nitrogen and oxygen atoms in total. The molecule has 1 aliphatic rings. The van der Waals surface area contributed by atoms with Crippen LogP contribution in [-0.4, -0.2) is 60.1 Å². The molecule has 2 amide bonds. The number of nitrogens with zero attached hydrogens (tertiary/aromatic N) is 4. The fraction of sp³-hybridized carbons (Fsp3) is 0.296. The normalized spacial score (nSPS) is 15.5. The highest BCUT2D eigenvalue weighted by molar-refractivity contribution is 6.36. The zero-order valence-corrected chi connectivity index (χ0v) is 21.4. The van der Waals surface area contributed by atoms with Gasteiger partial charge in [-0.15, -0.1) is 0 Å². The topological polar surface area (TPSA) is 83.8 Å². The summed E-state index contributed by atoms with van der Waals surface area (Å²) in [7, 11) is 7.78. The Balaban J connectivity index is 1.24. The first-order valence-electron chi connectivity index (χ1n) is 12.3. The molecular formula is C27H28BClN6O2. The quantitative estimate of drug-likeness (QED) is 0.366. The minimum atomic E-state index is -0.0484. The van der Waals surface area contributed by atoms with E-state index in [0.717, 1.165) is 47.8 Å². The number of likely N-dealkylation sites (tertiary alicyclic amines) is 1. The fourth-order valence-electron chi connectivity index (χ4n) is 4.61. The second-order valence-electron chi connectivity index (χ2n) is 9.18. The SMILES string of the molecule is [B]c1cnn2c(NCC3CCCN(C(=O)NCc4ccc(OC)cc4)C3)cc(-c3ccccc3Cl)nc12. The molecule has 2 aromatic carbocycles. The van der Waals surface area contributed by atoms with Crippen LogP contribution in [0.2, 0.25) is 5.02 Å². The highest BCUT2D eigenvalue weighted by Crippen LogP contribution is 2.28. The number of halogens is 1. The lowest BCUT2D eigenvalue weighted by atomic mass is 9.98. The predicted octanol–water partition coefficient (Wildman–Crippen LogP) is 3.89. The van der Waals surface area contributed by atoms with Crippen molar-refractivity contribution in [3.8, 4) is 17.0 Å². The van der Waals surface area contributed by atoms with Crippen molar-refractivity contribution in [2.24, 2.45) is 5.92 Å². The molecule has 1 unspecified atom stereocenters. The average molecular weight is 515 g/mol. The van der Waals surface area contributed by atoms with Crippen molar-refractivity contribution in [2.75, 3.05) is 32.1 Å². The van der Waals surface area contributed by atoms with Crippen LogP contribution in [0, 0.1) is 5.92 Å². The molecule has 0 saturated carbocycles. The molecule has 1 aliphatic heterocycles. The van der Waals surface area contributed by atoms with Crippen LogP contribution in [0.15, 0.2) is 60.8 Å². The second-order valence-corrected chi connectivity index (χ2v) is 9.59. The summed E-state index contributed by atoms with van der Waals surface area (Å²) in [5.74, 6) is 1.86. The Hall–Kier alpha value is -3.72. The molecule has 2 N–H and O–H groups in total.